The van der Waals surface area contributed by atoms with Crippen molar-refractivity contribution >= 4 is 12.0 Å². The molecule has 18 heavy (non-hydrogen) atoms. The zero-order chi connectivity index (χ0) is 13.9. The molecule has 0 N–H and O–H groups in total. The molecule has 0 bridgehead atoms. The summed E-state index contributed by atoms with van der Waals surface area (Å²) in [5.74, 6) is 0.144. The fraction of sp³-hybridized carbons (Fsp3) is 0.846. The molecule has 2 amide bonds. The second-order valence-electron chi connectivity index (χ2n) is 5.72. The van der Waals surface area contributed by atoms with Gasteiger partial charge in [-0.25, -0.2) is 4.79 Å². The number of hydrogen-bond acceptors (Lipinski definition) is 3. The molecule has 0 saturated carbocycles. The predicted molar refractivity (Wildman–Crippen MR) is 69.3 cm³/mol. The van der Waals surface area contributed by atoms with Crippen LogP contribution in [0.3, 0.4) is 0 Å². The molecule has 5 heteroatoms. The average molecular weight is 256 g/mol. The summed E-state index contributed by atoms with van der Waals surface area (Å²) in [7, 11) is 0. The summed E-state index contributed by atoms with van der Waals surface area (Å²) >= 11 is 0. The molecule has 1 saturated heterocycles. The molecule has 1 heterocycles. The van der Waals surface area contributed by atoms with Gasteiger partial charge in [0.25, 0.3) is 0 Å². The Balaban J connectivity index is 2.57. The SMILES string of the molecule is CCC(=O)N1CCN(C(=O)OC(C)(C)C)[C@@H](C)C1. The lowest BCUT2D eigenvalue weighted by atomic mass is 10.2. The summed E-state index contributed by atoms with van der Waals surface area (Å²) in [5, 5.41) is 0. The first kappa shape index (κ1) is 14.8. The van der Waals surface area contributed by atoms with E-state index in [2.05, 4.69) is 0 Å². The molecule has 0 spiro atoms. The number of nitrogens with zero attached hydrogens (tertiary/aromatic N) is 2. The van der Waals surface area contributed by atoms with Crippen molar-refractivity contribution in [3.8, 4) is 0 Å². The highest BCUT2D eigenvalue weighted by Gasteiger charge is 2.31. The number of rotatable bonds is 1. The zero-order valence-corrected chi connectivity index (χ0v) is 12.0. The largest absolute Gasteiger partial charge is 0.444 e. The minimum Gasteiger partial charge on any atom is -0.444 e. The van der Waals surface area contributed by atoms with E-state index in [1.54, 1.807) is 4.90 Å². The first-order valence-corrected chi connectivity index (χ1v) is 6.52. The number of carbonyl (C=O) groups excluding carboxylic acids is 2. The van der Waals surface area contributed by atoms with E-state index in [0.717, 1.165) is 0 Å². The van der Waals surface area contributed by atoms with Crippen LogP contribution in [0.2, 0.25) is 0 Å². The summed E-state index contributed by atoms with van der Waals surface area (Å²) in [5.41, 5.74) is -0.479. The van der Waals surface area contributed by atoms with Crippen LogP contribution in [0.15, 0.2) is 0 Å². The van der Waals surface area contributed by atoms with Gasteiger partial charge in [-0.05, 0) is 27.7 Å². The van der Waals surface area contributed by atoms with Gasteiger partial charge in [-0.15, -0.1) is 0 Å². The minimum absolute atomic E-state index is 0.00380. The van der Waals surface area contributed by atoms with Gasteiger partial charge in [0.05, 0.1) is 0 Å². The molecule has 0 aromatic rings. The highest BCUT2D eigenvalue weighted by atomic mass is 16.6. The molecule has 0 aliphatic carbocycles. The molecule has 0 unspecified atom stereocenters. The number of piperazine rings is 1. The Labute approximate surface area is 109 Å². The summed E-state index contributed by atoms with van der Waals surface area (Å²) in [6.07, 6.45) is 0.220. The molecule has 1 rings (SSSR count). The number of amides is 2. The van der Waals surface area contributed by atoms with Crippen LogP contribution in [0.1, 0.15) is 41.0 Å². The quantitative estimate of drug-likeness (QED) is 0.719. The third kappa shape index (κ3) is 3.89. The fourth-order valence-electron chi connectivity index (χ4n) is 2.00. The molecule has 1 atom stereocenters. The van der Waals surface area contributed by atoms with Crippen LogP contribution in [0.5, 0.6) is 0 Å². The van der Waals surface area contributed by atoms with E-state index in [0.29, 0.717) is 26.1 Å². The van der Waals surface area contributed by atoms with E-state index < -0.39 is 5.60 Å². The summed E-state index contributed by atoms with van der Waals surface area (Å²) in [6, 6.07) is 0.00380. The van der Waals surface area contributed by atoms with Crippen molar-refractivity contribution in [3.63, 3.8) is 0 Å². The highest BCUT2D eigenvalue weighted by Crippen LogP contribution is 2.16. The Bertz CT molecular complexity index is 323. The maximum absolute atomic E-state index is 12.0. The van der Waals surface area contributed by atoms with Crippen LogP contribution in [-0.2, 0) is 9.53 Å². The van der Waals surface area contributed by atoms with E-state index in [1.165, 1.54) is 0 Å². The summed E-state index contributed by atoms with van der Waals surface area (Å²) < 4.78 is 5.35. The first-order chi connectivity index (χ1) is 8.24. The van der Waals surface area contributed by atoms with Gasteiger partial charge in [-0.1, -0.05) is 6.92 Å². The summed E-state index contributed by atoms with van der Waals surface area (Å²) in [4.78, 5) is 27.1. The Hall–Kier alpha value is -1.26. The van der Waals surface area contributed by atoms with E-state index in [-0.39, 0.29) is 18.0 Å². The van der Waals surface area contributed by atoms with Gasteiger partial charge in [0.1, 0.15) is 5.60 Å². The molecule has 0 aromatic heterocycles. The van der Waals surface area contributed by atoms with Crippen LogP contribution in [0.4, 0.5) is 4.79 Å². The van der Waals surface area contributed by atoms with E-state index in [1.807, 2.05) is 39.5 Å². The van der Waals surface area contributed by atoms with Crippen LogP contribution in [0, 0.1) is 0 Å². The molecule has 5 nitrogen and oxygen atoms in total. The second-order valence-corrected chi connectivity index (χ2v) is 5.72. The van der Waals surface area contributed by atoms with Crippen LogP contribution < -0.4 is 0 Å². The number of ether oxygens (including phenoxy) is 1. The van der Waals surface area contributed by atoms with Crippen LogP contribution >= 0.6 is 0 Å². The standard InChI is InChI=1S/C13H24N2O3/c1-6-11(16)14-7-8-15(10(2)9-14)12(17)18-13(3,4)5/h10H,6-9H2,1-5H3/t10-/m0/s1. The van der Waals surface area contributed by atoms with E-state index in [9.17, 15) is 9.59 Å². The number of hydrogen-bond donors (Lipinski definition) is 0. The maximum atomic E-state index is 12.0. The van der Waals surface area contributed by atoms with E-state index in [4.69, 9.17) is 4.74 Å². The van der Waals surface area contributed by atoms with Crippen LogP contribution in [0.25, 0.3) is 0 Å². The predicted octanol–water partition coefficient (Wildman–Crippen LogP) is 1.86. The zero-order valence-electron chi connectivity index (χ0n) is 12.0. The maximum Gasteiger partial charge on any atom is 0.410 e. The third-order valence-corrected chi connectivity index (χ3v) is 2.91. The van der Waals surface area contributed by atoms with Crippen molar-refractivity contribution in [2.75, 3.05) is 19.6 Å². The lowest BCUT2D eigenvalue weighted by Gasteiger charge is -2.40. The first-order valence-electron chi connectivity index (χ1n) is 6.52. The normalized spacial score (nSPS) is 20.8. The van der Waals surface area contributed by atoms with Gasteiger partial charge >= 0.3 is 6.09 Å². The third-order valence-electron chi connectivity index (χ3n) is 2.91. The van der Waals surface area contributed by atoms with Gasteiger partial charge in [0.15, 0.2) is 0 Å². The molecular formula is C13H24N2O3. The topological polar surface area (TPSA) is 49.9 Å². The Morgan fingerprint density at radius 1 is 1.28 bits per heavy atom. The van der Waals surface area contributed by atoms with Crippen molar-refractivity contribution in [3.05, 3.63) is 0 Å². The van der Waals surface area contributed by atoms with Gasteiger partial charge in [-0.2, -0.15) is 0 Å². The second kappa shape index (κ2) is 5.59. The Kier molecular flexibility index (Phi) is 4.59. The van der Waals surface area contributed by atoms with Crippen molar-refractivity contribution in [1.82, 2.24) is 9.80 Å². The van der Waals surface area contributed by atoms with Crippen molar-refractivity contribution < 1.29 is 14.3 Å². The average Bonchev–Trinajstić information content (AvgIpc) is 2.25. The van der Waals surface area contributed by atoms with Crippen molar-refractivity contribution in [2.45, 2.75) is 52.7 Å². The lowest BCUT2D eigenvalue weighted by molar-refractivity contribution is -0.133. The van der Waals surface area contributed by atoms with Gasteiger partial charge in [0, 0.05) is 32.1 Å². The van der Waals surface area contributed by atoms with Crippen LogP contribution in [-0.4, -0.2) is 53.1 Å². The van der Waals surface area contributed by atoms with Crippen molar-refractivity contribution in [2.24, 2.45) is 0 Å². The smallest absolute Gasteiger partial charge is 0.410 e. The van der Waals surface area contributed by atoms with E-state index >= 15 is 0 Å². The molecule has 1 fully saturated rings. The highest BCUT2D eigenvalue weighted by molar-refractivity contribution is 5.76. The van der Waals surface area contributed by atoms with Crippen molar-refractivity contribution in [1.29, 1.82) is 0 Å². The lowest BCUT2D eigenvalue weighted by Crippen LogP contribution is -2.56. The van der Waals surface area contributed by atoms with Gasteiger partial charge < -0.3 is 14.5 Å². The molecule has 1 aliphatic rings. The molecular weight excluding hydrogens is 232 g/mol. The Morgan fingerprint density at radius 3 is 2.33 bits per heavy atom. The van der Waals surface area contributed by atoms with Gasteiger partial charge in [-0.3, -0.25) is 4.79 Å². The summed E-state index contributed by atoms with van der Waals surface area (Å²) in [6.45, 7) is 11.1. The monoisotopic (exact) mass is 256 g/mol. The molecule has 0 radical (unpaired) electrons. The number of carbonyl (C=O) groups is 2. The molecule has 0 aromatic carbocycles. The minimum atomic E-state index is -0.479. The molecule has 104 valence electrons. The van der Waals surface area contributed by atoms with Gasteiger partial charge in [0.2, 0.25) is 5.91 Å². The Morgan fingerprint density at radius 2 is 1.89 bits per heavy atom. The molecule has 1 aliphatic heterocycles. The fourth-order valence-corrected chi connectivity index (χ4v) is 2.00.